The highest BCUT2D eigenvalue weighted by Gasteiger charge is 2.19. The van der Waals surface area contributed by atoms with Crippen molar-refractivity contribution in [3.63, 3.8) is 0 Å². The Bertz CT molecular complexity index is 1440. The molecule has 4 aromatic rings. The molecular weight excluding hydrogens is 420 g/mol. The van der Waals surface area contributed by atoms with Crippen molar-refractivity contribution >= 4 is 40.0 Å². The summed E-state index contributed by atoms with van der Waals surface area (Å²) in [6.07, 6.45) is 1.41. The first kappa shape index (κ1) is 21.7. The summed E-state index contributed by atoms with van der Waals surface area (Å²) in [4.78, 5) is 46.6. The van der Waals surface area contributed by atoms with Crippen molar-refractivity contribution in [3.05, 3.63) is 88.0 Å². The van der Waals surface area contributed by atoms with Gasteiger partial charge in [0.2, 0.25) is 0 Å². The summed E-state index contributed by atoms with van der Waals surface area (Å²) in [5.41, 5.74) is 2.58. The van der Waals surface area contributed by atoms with Crippen LogP contribution in [0.3, 0.4) is 0 Å². The van der Waals surface area contributed by atoms with Gasteiger partial charge in [0.15, 0.2) is 11.5 Å². The van der Waals surface area contributed by atoms with Crippen LogP contribution in [0.15, 0.2) is 65.6 Å². The maximum atomic E-state index is 13.1. The van der Waals surface area contributed by atoms with E-state index in [4.69, 9.17) is 0 Å². The zero-order valence-corrected chi connectivity index (χ0v) is 18.3. The molecule has 0 aliphatic rings. The van der Waals surface area contributed by atoms with E-state index in [1.54, 1.807) is 31.3 Å². The normalized spacial score (nSPS) is 10.6. The number of para-hydroxylation sites is 3. The Labute approximate surface area is 189 Å². The Morgan fingerprint density at radius 1 is 0.970 bits per heavy atom. The molecule has 0 spiro atoms. The monoisotopic (exact) mass is 442 g/mol. The summed E-state index contributed by atoms with van der Waals surface area (Å²) in [5.74, 6) is -0.742. The SMILES string of the molecule is CNC(=O)c1cnc(Nc2ccccc2C)c(NC(=O)c2nc3ccccc3n(C)c2=O)c1. The minimum Gasteiger partial charge on any atom is -0.355 e. The van der Waals surface area contributed by atoms with Crippen LogP contribution < -0.4 is 21.5 Å². The molecule has 33 heavy (non-hydrogen) atoms. The van der Waals surface area contributed by atoms with E-state index < -0.39 is 11.5 Å². The highest BCUT2D eigenvalue weighted by atomic mass is 16.2. The van der Waals surface area contributed by atoms with Crippen LogP contribution in [0.5, 0.6) is 0 Å². The van der Waals surface area contributed by atoms with Crippen molar-refractivity contribution in [3.8, 4) is 0 Å². The van der Waals surface area contributed by atoms with Gasteiger partial charge in [-0.25, -0.2) is 9.97 Å². The summed E-state index contributed by atoms with van der Waals surface area (Å²) >= 11 is 0. The molecule has 2 amide bonds. The Morgan fingerprint density at radius 3 is 2.45 bits per heavy atom. The smallest absolute Gasteiger partial charge is 0.282 e. The van der Waals surface area contributed by atoms with Gasteiger partial charge in [-0.1, -0.05) is 30.3 Å². The molecule has 0 saturated heterocycles. The molecule has 0 saturated carbocycles. The minimum atomic E-state index is -0.704. The maximum absolute atomic E-state index is 13.1. The fraction of sp³-hybridized carbons (Fsp3) is 0.125. The zero-order valence-electron chi connectivity index (χ0n) is 18.3. The second kappa shape index (κ2) is 8.91. The molecule has 2 aromatic carbocycles. The van der Waals surface area contributed by atoms with Gasteiger partial charge in [0.05, 0.1) is 22.3 Å². The second-order valence-electron chi connectivity index (χ2n) is 7.41. The Morgan fingerprint density at radius 2 is 1.70 bits per heavy atom. The summed E-state index contributed by atoms with van der Waals surface area (Å²) < 4.78 is 1.38. The summed E-state index contributed by atoms with van der Waals surface area (Å²) in [6.45, 7) is 1.93. The van der Waals surface area contributed by atoms with Crippen molar-refractivity contribution in [2.75, 3.05) is 17.7 Å². The first-order chi connectivity index (χ1) is 15.9. The third kappa shape index (κ3) is 4.29. The third-order valence-corrected chi connectivity index (χ3v) is 5.22. The molecule has 0 bridgehead atoms. The highest BCUT2D eigenvalue weighted by Crippen LogP contribution is 2.26. The summed E-state index contributed by atoms with van der Waals surface area (Å²) in [6, 6.07) is 16.1. The number of aromatic nitrogens is 3. The standard InChI is InChI=1S/C24H22N6O3/c1-14-8-4-5-9-16(14)28-21-18(12-15(13-26-21)22(31)25-2)29-23(32)20-24(33)30(3)19-11-7-6-10-17(19)27-20/h4-13H,1-3H3,(H,25,31)(H,26,28)(H,29,32). The number of nitrogens with one attached hydrogen (secondary N) is 3. The fourth-order valence-corrected chi connectivity index (χ4v) is 3.38. The van der Waals surface area contributed by atoms with Crippen LogP contribution in [0.25, 0.3) is 11.0 Å². The third-order valence-electron chi connectivity index (χ3n) is 5.22. The number of hydrogen-bond donors (Lipinski definition) is 3. The predicted octanol–water partition coefficient (Wildman–Crippen LogP) is 2.99. The first-order valence-corrected chi connectivity index (χ1v) is 10.2. The number of amides is 2. The second-order valence-corrected chi connectivity index (χ2v) is 7.41. The molecule has 0 fully saturated rings. The number of benzene rings is 2. The number of pyridine rings is 1. The van der Waals surface area contributed by atoms with Crippen molar-refractivity contribution in [2.24, 2.45) is 7.05 Å². The van der Waals surface area contributed by atoms with Crippen molar-refractivity contribution in [2.45, 2.75) is 6.92 Å². The molecule has 2 aromatic heterocycles. The maximum Gasteiger partial charge on any atom is 0.282 e. The largest absolute Gasteiger partial charge is 0.355 e. The van der Waals surface area contributed by atoms with E-state index in [2.05, 4.69) is 25.9 Å². The molecule has 0 unspecified atom stereocenters. The first-order valence-electron chi connectivity index (χ1n) is 10.2. The van der Waals surface area contributed by atoms with Crippen LogP contribution in [0.1, 0.15) is 26.4 Å². The van der Waals surface area contributed by atoms with Crippen LogP contribution in [0.4, 0.5) is 17.2 Å². The van der Waals surface area contributed by atoms with Gasteiger partial charge in [0.1, 0.15) is 0 Å². The van der Waals surface area contributed by atoms with Gasteiger partial charge in [-0.05, 0) is 36.8 Å². The number of aryl methyl sites for hydroxylation is 2. The molecule has 4 rings (SSSR count). The van der Waals surface area contributed by atoms with Gasteiger partial charge in [0.25, 0.3) is 17.4 Å². The number of fused-ring (bicyclic) bond motifs is 1. The van der Waals surface area contributed by atoms with Gasteiger partial charge >= 0.3 is 0 Å². The highest BCUT2D eigenvalue weighted by molar-refractivity contribution is 6.06. The molecule has 0 radical (unpaired) electrons. The quantitative estimate of drug-likeness (QED) is 0.437. The molecule has 166 valence electrons. The molecule has 9 nitrogen and oxygen atoms in total. The number of nitrogens with zero attached hydrogens (tertiary/aromatic N) is 3. The van der Waals surface area contributed by atoms with Gasteiger partial charge in [-0.15, -0.1) is 0 Å². The zero-order chi connectivity index (χ0) is 23.5. The number of anilines is 3. The number of rotatable bonds is 5. The van der Waals surface area contributed by atoms with Crippen LogP contribution in [-0.4, -0.2) is 33.4 Å². The lowest BCUT2D eigenvalue weighted by Crippen LogP contribution is -2.30. The number of carbonyl (C=O) groups excluding carboxylic acids is 2. The van der Waals surface area contributed by atoms with Gasteiger partial charge in [0, 0.05) is 26.0 Å². The van der Waals surface area contributed by atoms with E-state index in [0.29, 0.717) is 16.9 Å². The van der Waals surface area contributed by atoms with E-state index >= 15 is 0 Å². The molecular formula is C24H22N6O3. The lowest BCUT2D eigenvalue weighted by Gasteiger charge is -2.15. The summed E-state index contributed by atoms with van der Waals surface area (Å²) in [5, 5.41) is 8.41. The fourth-order valence-electron chi connectivity index (χ4n) is 3.38. The molecule has 2 heterocycles. The summed E-state index contributed by atoms with van der Waals surface area (Å²) in [7, 11) is 3.09. The van der Waals surface area contributed by atoms with E-state index in [9.17, 15) is 14.4 Å². The lowest BCUT2D eigenvalue weighted by molar-refractivity contribution is 0.0961. The van der Waals surface area contributed by atoms with Crippen molar-refractivity contribution in [1.29, 1.82) is 0 Å². The van der Waals surface area contributed by atoms with Crippen molar-refractivity contribution in [1.82, 2.24) is 19.9 Å². The predicted molar refractivity (Wildman–Crippen MR) is 127 cm³/mol. The van der Waals surface area contributed by atoms with Gasteiger partial charge < -0.3 is 20.5 Å². The van der Waals surface area contributed by atoms with E-state index in [1.165, 1.54) is 23.9 Å². The topological polar surface area (TPSA) is 118 Å². The number of hydrogen-bond acceptors (Lipinski definition) is 6. The molecule has 0 aliphatic carbocycles. The Hall–Kier alpha value is -4.53. The van der Waals surface area contributed by atoms with Crippen LogP contribution >= 0.6 is 0 Å². The van der Waals surface area contributed by atoms with Crippen molar-refractivity contribution < 1.29 is 9.59 Å². The number of carbonyl (C=O) groups is 2. The van der Waals surface area contributed by atoms with Crippen LogP contribution in [0.2, 0.25) is 0 Å². The molecule has 0 atom stereocenters. The van der Waals surface area contributed by atoms with E-state index in [-0.39, 0.29) is 22.9 Å². The molecule has 0 aliphatic heterocycles. The van der Waals surface area contributed by atoms with Crippen LogP contribution in [-0.2, 0) is 7.05 Å². The molecule has 3 N–H and O–H groups in total. The van der Waals surface area contributed by atoms with E-state index in [0.717, 1.165) is 11.3 Å². The average molecular weight is 442 g/mol. The molecule has 9 heteroatoms. The van der Waals surface area contributed by atoms with Gasteiger partial charge in [-0.3, -0.25) is 14.4 Å². The van der Waals surface area contributed by atoms with Crippen LogP contribution in [0, 0.1) is 6.92 Å². The average Bonchev–Trinajstić information content (AvgIpc) is 2.83. The van der Waals surface area contributed by atoms with Gasteiger partial charge in [-0.2, -0.15) is 0 Å². The Kier molecular flexibility index (Phi) is 5.86. The van der Waals surface area contributed by atoms with E-state index in [1.807, 2.05) is 31.2 Å². The lowest BCUT2D eigenvalue weighted by atomic mass is 10.2. The minimum absolute atomic E-state index is 0.237. The Balaban J connectivity index is 1.76.